The zero-order chi connectivity index (χ0) is 7.84. The van der Waals surface area contributed by atoms with Crippen LogP contribution < -0.4 is 0 Å². The summed E-state index contributed by atoms with van der Waals surface area (Å²) in [6, 6.07) is 0. The van der Waals surface area contributed by atoms with E-state index in [4.69, 9.17) is 12.2 Å². The van der Waals surface area contributed by atoms with Crippen molar-refractivity contribution in [3.8, 4) is 0 Å². The number of rotatable bonds is 0. The van der Waals surface area contributed by atoms with Gasteiger partial charge in [0, 0.05) is 0 Å². The first kappa shape index (κ1) is 7.17. The highest BCUT2D eigenvalue weighted by Gasteiger charge is 2.00. The SMILES string of the molecule is S=c1[nH]cnc2c1cnn2I. The molecule has 0 atom stereocenters. The fraction of sp³-hybridized carbons (Fsp3) is 0. The van der Waals surface area contributed by atoms with Gasteiger partial charge in [-0.2, -0.15) is 7.99 Å². The molecule has 1 N–H and O–H groups in total. The van der Waals surface area contributed by atoms with Gasteiger partial charge in [0.15, 0.2) is 5.65 Å². The van der Waals surface area contributed by atoms with Gasteiger partial charge < -0.3 is 4.98 Å². The predicted molar refractivity (Wildman–Crippen MR) is 52.1 cm³/mol. The number of aromatic amines is 1. The second kappa shape index (κ2) is 2.52. The number of aromatic nitrogens is 4. The van der Waals surface area contributed by atoms with E-state index in [9.17, 15) is 0 Å². The molecule has 0 spiro atoms. The molecule has 0 radical (unpaired) electrons. The molecule has 2 heterocycles. The van der Waals surface area contributed by atoms with Crippen molar-refractivity contribution in [2.75, 3.05) is 0 Å². The molecule has 2 aromatic heterocycles. The van der Waals surface area contributed by atoms with Crippen LogP contribution >= 0.6 is 35.1 Å². The lowest BCUT2D eigenvalue weighted by molar-refractivity contribution is 1.06. The summed E-state index contributed by atoms with van der Waals surface area (Å²) < 4.78 is 2.34. The summed E-state index contributed by atoms with van der Waals surface area (Å²) in [4.78, 5) is 6.91. The van der Waals surface area contributed by atoms with E-state index in [0.29, 0.717) is 4.64 Å². The highest BCUT2D eigenvalue weighted by Crippen LogP contribution is 2.11. The Morgan fingerprint density at radius 1 is 1.64 bits per heavy atom. The molecule has 56 valence electrons. The largest absolute Gasteiger partial charge is 0.337 e. The molecule has 0 unspecified atom stereocenters. The minimum Gasteiger partial charge on any atom is -0.337 e. The maximum atomic E-state index is 5.01. The van der Waals surface area contributed by atoms with Gasteiger partial charge in [0.1, 0.15) is 4.64 Å². The van der Waals surface area contributed by atoms with Crippen LogP contribution in [-0.4, -0.2) is 18.0 Å². The van der Waals surface area contributed by atoms with Crippen LogP contribution in [0.5, 0.6) is 0 Å². The first-order chi connectivity index (χ1) is 5.29. The molecule has 6 heteroatoms. The summed E-state index contributed by atoms with van der Waals surface area (Å²) in [5, 5.41) is 4.90. The van der Waals surface area contributed by atoms with Gasteiger partial charge in [-0.1, -0.05) is 12.2 Å². The van der Waals surface area contributed by atoms with E-state index in [0.717, 1.165) is 11.0 Å². The van der Waals surface area contributed by atoms with E-state index in [1.807, 2.05) is 0 Å². The second-order valence-corrected chi connectivity index (χ2v) is 3.30. The third-order valence-corrected chi connectivity index (χ3v) is 2.37. The van der Waals surface area contributed by atoms with E-state index in [1.165, 1.54) is 0 Å². The van der Waals surface area contributed by atoms with Crippen molar-refractivity contribution in [2.24, 2.45) is 0 Å². The van der Waals surface area contributed by atoms with Crippen molar-refractivity contribution in [3.05, 3.63) is 17.2 Å². The molecule has 0 aliphatic carbocycles. The molecule has 2 aromatic rings. The van der Waals surface area contributed by atoms with Gasteiger partial charge in [-0.3, -0.25) is 0 Å². The number of hydrogen-bond acceptors (Lipinski definition) is 3. The Kier molecular flexibility index (Phi) is 1.64. The summed E-state index contributed by atoms with van der Waals surface area (Å²) in [6.45, 7) is 0. The summed E-state index contributed by atoms with van der Waals surface area (Å²) in [5.41, 5.74) is 0.800. The maximum Gasteiger partial charge on any atom is 0.172 e. The molecule has 0 saturated heterocycles. The molecule has 11 heavy (non-hydrogen) atoms. The van der Waals surface area contributed by atoms with E-state index in [2.05, 4.69) is 37.9 Å². The van der Waals surface area contributed by atoms with Gasteiger partial charge in [0.2, 0.25) is 0 Å². The molecule has 2 rings (SSSR count). The Morgan fingerprint density at radius 3 is 3.18 bits per heavy atom. The summed E-state index contributed by atoms with van der Waals surface area (Å²) >= 11 is 7.07. The van der Waals surface area contributed by atoms with E-state index in [-0.39, 0.29) is 0 Å². The zero-order valence-electron chi connectivity index (χ0n) is 5.28. The summed E-state index contributed by atoms with van der Waals surface area (Å²) in [6.07, 6.45) is 3.27. The van der Waals surface area contributed by atoms with Crippen molar-refractivity contribution in [1.29, 1.82) is 0 Å². The number of hydrogen-bond donors (Lipinski definition) is 1. The Bertz CT molecular complexity index is 445. The number of H-pyrrole nitrogens is 1. The molecule has 0 bridgehead atoms. The molecule has 0 saturated carbocycles. The van der Waals surface area contributed by atoms with Crippen molar-refractivity contribution in [3.63, 3.8) is 0 Å². The lowest BCUT2D eigenvalue weighted by Gasteiger charge is -1.88. The van der Waals surface area contributed by atoms with Crippen molar-refractivity contribution < 1.29 is 0 Å². The molecule has 4 nitrogen and oxygen atoms in total. The number of fused-ring (bicyclic) bond motifs is 1. The molecule has 0 fully saturated rings. The average molecular weight is 278 g/mol. The average Bonchev–Trinajstić information content (AvgIpc) is 2.35. The van der Waals surface area contributed by atoms with Gasteiger partial charge >= 0.3 is 0 Å². The third kappa shape index (κ3) is 1.06. The van der Waals surface area contributed by atoms with Crippen LogP contribution in [0, 0.1) is 4.64 Å². The van der Waals surface area contributed by atoms with Gasteiger partial charge in [0.05, 0.1) is 40.8 Å². The Hall–Kier alpha value is -0.500. The normalized spacial score (nSPS) is 10.6. The van der Waals surface area contributed by atoms with Crippen LogP contribution in [0.3, 0.4) is 0 Å². The minimum absolute atomic E-state index is 0.679. The van der Waals surface area contributed by atoms with Crippen LogP contribution in [0.15, 0.2) is 12.5 Å². The molecule has 0 amide bonds. The quantitative estimate of drug-likeness (QED) is 0.589. The predicted octanol–water partition coefficient (Wildman–Crippen LogP) is 1.69. The van der Waals surface area contributed by atoms with Gasteiger partial charge in [0.25, 0.3) is 0 Å². The minimum atomic E-state index is 0.679. The van der Waals surface area contributed by atoms with Crippen LogP contribution in [-0.2, 0) is 0 Å². The van der Waals surface area contributed by atoms with Crippen molar-refractivity contribution in [2.45, 2.75) is 0 Å². The van der Waals surface area contributed by atoms with Gasteiger partial charge in [-0.25, -0.2) is 4.98 Å². The van der Waals surface area contributed by atoms with Crippen LogP contribution in [0.2, 0.25) is 0 Å². The van der Waals surface area contributed by atoms with Gasteiger partial charge in [-0.15, -0.1) is 0 Å². The Morgan fingerprint density at radius 2 is 2.45 bits per heavy atom. The number of halogens is 1. The standard InChI is InChI=1S/C5H3IN4S/c6-10-4-3(1-9-10)5(11)8-2-7-4/h1-2H,(H,7,8,11). The Balaban J connectivity index is 3.06. The molecule has 0 aliphatic heterocycles. The van der Waals surface area contributed by atoms with Gasteiger partial charge in [-0.05, 0) is 0 Å². The van der Waals surface area contributed by atoms with Crippen LogP contribution in [0.25, 0.3) is 11.0 Å². The van der Waals surface area contributed by atoms with E-state index >= 15 is 0 Å². The lowest BCUT2D eigenvalue weighted by atomic mass is 10.4. The highest BCUT2D eigenvalue weighted by atomic mass is 127. The highest BCUT2D eigenvalue weighted by molar-refractivity contribution is 14.1. The summed E-state index contributed by atoms with van der Waals surface area (Å²) in [7, 11) is 0. The monoisotopic (exact) mass is 278 g/mol. The molecule has 0 aliphatic rings. The number of nitrogens with one attached hydrogen (secondary N) is 1. The smallest absolute Gasteiger partial charge is 0.172 e. The molecule has 0 aromatic carbocycles. The topological polar surface area (TPSA) is 46.5 Å². The van der Waals surface area contributed by atoms with E-state index < -0.39 is 0 Å². The molecular formula is C5H3IN4S. The zero-order valence-corrected chi connectivity index (χ0v) is 8.26. The van der Waals surface area contributed by atoms with Crippen molar-refractivity contribution in [1.82, 2.24) is 18.0 Å². The summed E-state index contributed by atoms with van der Waals surface area (Å²) in [5.74, 6) is 0. The first-order valence-corrected chi connectivity index (χ1v) is 4.24. The van der Waals surface area contributed by atoms with Crippen LogP contribution in [0.1, 0.15) is 0 Å². The Labute approximate surface area is 81.1 Å². The lowest BCUT2D eigenvalue weighted by Crippen LogP contribution is -1.84. The van der Waals surface area contributed by atoms with E-state index in [1.54, 1.807) is 15.4 Å². The first-order valence-electron chi connectivity index (χ1n) is 2.86. The van der Waals surface area contributed by atoms with Crippen LogP contribution in [0.4, 0.5) is 0 Å². The van der Waals surface area contributed by atoms with Crippen molar-refractivity contribution >= 4 is 46.1 Å². The maximum absolute atomic E-state index is 5.01. The molecular weight excluding hydrogens is 275 g/mol. The number of nitrogens with zero attached hydrogens (tertiary/aromatic N) is 3. The second-order valence-electron chi connectivity index (χ2n) is 1.97. The fourth-order valence-electron chi connectivity index (χ4n) is 0.827. The fourth-order valence-corrected chi connectivity index (χ4v) is 1.53. The third-order valence-electron chi connectivity index (χ3n) is 1.33.